The van der Waals surface area contributed by atoms with E-state index in [9.17, 15) is 26.0 Å². The summed E-state index contributed by atoms with van der Waals surface area (Å²) in [5, 5.41) is 10.4. The fourth-order valence-electron chi connectivity index (χ4n) is 2.62. The first-order valence-electron chi connectivity index (χ1n) is 7.65. The third-order valence-corrected chi connectivity index (χ3v) is 5.64. The zero-order valence-corrected chi connectivity index (χ0v) is 14.6. The molecule has 0 amide bonds. The Morgan fingerprint density at radius 1 is 1.15 bits per heavy atom. The Balaban J connectivity index is 2.11. The van der Waals surface area contributed by atoms with Crippen LogP contribution in [0, 0.1) is 5.82 Å². The highest BCUT2D eigenvalue weighted by atomic mass is 32.2. The number of fused-ring (bicyclic) bond motifs is 1. The Hall–Kier alpha value is -2.60. The average molecular weight is 403 g/mol. The number of alkyl halides is 3. The summed E-state index contributed by atoms with van der Waals surface area (Å²) in [4.78, 5) is 0. The van der Waals surface area contributed by atoms with Crippen molar-refractivity contribution in [2.45, 2.75) is 24.2 Å². The molecule has 0 fully saturated rings. The van der Waals surface area contributed by atoms with E-state index in [4.69, 9.17) is 0 Å². The minimum Gasteiger partial charge on any atom is -0.207 e. The van der Waals surface area contributed by atoms with Crippen LogP contribution in [0.4, 0.5) is 17.6 Å². The maximum absolute atomic E-state index is 13.7. The number of sulfonamides is 1. The Morgan fingerprint density at radius 3 is 2.41 bits per heavy atom. The number of nitrogens with zero attached hydrogens (tertiary/aromatic N) is 5. The summed E-state index contributed by atoms with van der Waals surface area (Å²) in [6, 6.07) is 3.34. The van der Waals surface area contributed by atoms with Gasteiger partial charge in [0.05, 0.1) is 0 Å². The summed E-state index contributed by atoms with van der Waals surface area (Å²) < 4.78 is 81.5. The van der Waals surface area contributed by atoms with Crippen LogP contribution in [-0.4, -0.2) is 45.3 Å². The van der Waals surface area contributed by atoms with E-state index in [1.165, 1.54) is 13.0 Å². The second-order valence-corrected chi connectivity index (χ2v) is 7.35. The molecule has 0 aliphatic rings. The fraction of sp³-hybridized carbons (Fsp3) is 0.267. The van der Waals surface area contributed by atoms with Crippen molar-refractivity contribution in [2.75, 3.05) is 6.54 Å². The molecular weight excluding hydrogens is 390 g/mol. The zero-order valence-electron chi connectivity index (χ0n) is 13.8. The van der Waals surface area contributed by atoms with Crippen LogP contribution >= 0.6 is 0 Å². The van der Waals surface area contributed by atoms with Crippen LogP contribution in [0.15, 0.2) is 47.8 Å². The molecule has 1 aromatic carbocycles. The number of benzene rings is 1. The van der Waals surface area contributed by atoms with E-state index in [-0.39, 0.29) is 9.95 Å². The van der Waals surface area contributed by atoms with Crippen LogP contribution in [0.1, 0.15) is 18.5 Å². The van der Waals surface area contributed by atoms with Gasteiger partial charge < -0.3 is 0 Å². The second-order valence-electron chi connectivity index (χ2n) is 5.51. The number of aromatic nitrogens is 4. The Kier molecular flexibility index (Phi) is 4.86. The van der Waals surface area contributed by atoms with E-state index in [0.29, 0.717) is 0 Å². The Morgan fingerprint density at radius 2 is 1.81 bits per heavy atom. The van der Waals surface area contributed by atoms with Crippen LogP contribution in [0.2, 0.25) is 0 Å². The second kappa shape index (κ2) is 6.85. The van der Waals surface area contributed by atoms with E-state index < -0.39 is 45.2 Å². The standard InChI is InChI=1S/C15H13F4N5O2S/c1-2-24(14(15(17,18)19)10-3-5-11(16)6-4-10)27(25,26)13-8-7-12-21-20-9-23(12)22-13/h3-9,14H,2H2,1H3. The first-order chi connectivity index (χ1) is 12.6. The van der Waals surface area contributed by atoms with Crippen molar-refractivity contribution in [1.29, 1.82) is 0 Å². The minimum absolute atomic E-state index is 0.239. The number of rotatable bonds is 5. The molecule has 3 rings (SSSR count). The van der Waals surface area contributed by atoms with Gasteiger partial charge in [0.1, 0.15) is 18.2 Å². The van der Waals surface area contributed by atoms with Gasteiger partial charge in [-0.1, -0.05) is 19.1 Å². The lowest BCUT2D eigenvalue weighted by molar-refractivity contribution is -0.173. The Bertz CT molecular complexity index is 1050. The predicted octanol–water partition coefficient (Wildman–Crippen LogP) is 2.58. The molecule has 144 valence electrons. The first-order valence-corrected chi connectivity index (χ1v) is 9.09. The van der Waals surface area contributed by atoms with Gasteiger partial charge in [-0.05, 0) is 29.8 Å². The number of hydrogen-bond donors (Lipinski definition) is 0. The molecule has 0 saturated carbocycles. The topological polar surface area (TPSA) is 80.5 Å². The van der Waals surface area contributed by atoms with Crippen molar-refractivity contribution in [3.8, 4) is 0 Å². The molecule has 0 spiro atoms. The van der Waals surface area contributed by atoms with Gasteiger partial charge in [-0.2, -0.15) is 27.1 Å². The van der Waals surface area contributed by atoms with Gasteiger partial charge in [0, 0.05) is 6.54 Å². The third kappa shape index (κ3) is 3.62. The molecule has 2 aromatic heterocycles. The van der Waals surface area contributed by atoms with E-state index >= 15 is 0 Å². The number of hydrogen-bond acceptors (Lipinski definition) is 5. The monoisotopic (exact) mass is 403 g/mol. The van der Waals surface area contributed by atoms with Gasteiger partial charge in [0.2, 0.25) is 0 Å². The van der Waals surface area contributed by atoms with Crippen LogP contribution in [0.5, 0.6) is 0 Å². The van der Waals surface area contributed by atoms with Gasteiger partial charge in [-0.15, -0.1) is 10.2 Å². The van der Waals surface area contributed by atoms with Crippen molar-refractivity contribution in [3.63, 3.8) is 0 Å². The van der Waals surface area contributed by atoms with Crippen LogP contribution in [0.3, 0.4) is 0 Å². The van der Waals surface area contributed by atoms with Crippen LogP contribution in [-0.2, 0) is 10.0 Å². The lowest BCUT2D eigenvalue weighted by Gasteiger charge is -2.31. The molecule has 1 atom stereocenters. The minimum atomic E-state index is -4.93. The summed E-state index contributed by atoms with van der Waals surface area (Å²) in [6.07, 6.45) is -3.80. The summed E-state index contributed by atoms with van der Waals surface area (Å²) in [7, 11) is -4.63. The van der Waals surface area contributed by atoms with E-state index in [2.05, 4.69) is 15.3 Å². The molecule has 3 aromatic rings. The molecule has 27 heavy (non-hydrogen) atoms. The highest BCUT2D eigenvalue weighted by Gasteiger charge is 2.49. The van der Waals surface area contributed by atoms with Crippen molar-refractivity contribution in [3.05, 3.63) is 54.1 Å². The molecule has 0 radical (unpaired) electrons. The van der Waals surface area contributed by atoms with Gasteiger partial charge >= 0.3 is 6.18 Å². The van der Waals surface area contributed by atoms with Crippen molar-refractivity contribution in [2.24, 2.45) is 0 Å². The maximum Gasteiger partial charge on any atom is 0.409 e. The van der Waals surface area contributed by atoms with E-state index in [0.717, 1.165) is 41.2 Å². The van der Waals surface area contributed by atoms with Crippen LogP contribution in [0.25, 0.3) is 5.65 Å². The molecule has 12 heteroatoms. The summed E-state index contributed by atoms with van der Waals surface area (Å²) in [5.74, 6) is -0.731. The molecular formula is C15H13F4N5O2S. The molecule has 7 nitrogen and oxygen atoms in total. The normalized spacial score (nSPS) is 14.0. The van der Waals surface area contributed by atoms with Gasteiger partial charge in [-0.25, -0.2) is 12.8 Å². The summed E-state index contributed by atoms with van der Waals surface area (Å²) >= 11 is 0. The van der Waals surface area contributed by atoms with Gasteiger partial charge in [0.15, 0.2) is 10.7 Å². The average Bonchev–Trinajstić information content (AvgIpc) is 3.07. The zero-order chi connectivity index (χ0) is 19.8. The lowest BCUT2D eigenvalue weighted by atomic mass is 10.1. The molecule has 2 heterocycles. The summed E-state index contributed by atoms with van der Waals surface area (Å²) in [6.45, 7) is 0.795. The van der Waals surface area contributed by atoms with E-state index in [1.54, 1.807) is 0 Å². The van der Waals surface area contributed by atoms with Gasteiger partial charge in [-0.3, -0.25) is 0 Å². The predicted molar refractivity (Wildman–Crippen MR) is 85.5 cm³/mol. The summed E-state index contributed by atoms with van der Waals surface area (Å²) in [5.41, 5.74) is -0.164. The van der Waals surface area contributed by atoms with Crippen LogP contribution < -0.4 is 0 Å². The highest BCUT2D eigenvalue weighted by Crippen LogP contribution is 2.40. The largest absolute Gasteiger partial charge is 0.409 e. The SMILES string of the molecule is CCN(C(c1ccc(F)cc1)C(F)(F)F)S(=O)(=O)c1ccc2nncn2n1. The fourth-order valence-corrected chi connectivity index (χ4v) is 4.15. The van der Waals surface area contributed by atoms with Crippen molar-refractivity contribution < 1.29 is 26.0 Å². The molecule has 0 N–H and O–H groups in total. The lowest BCUT2D eigenvalue weighted by Crippen LogP contribution is -2.42. The Labute approximate surface area is 151 Å². The first kappa shape index (κ1) is 19.2. The molecule has 0 bridgehead atoms. The molecule has 0 saturated heterocycles. The van der Waals surface area contributed by atoms with Gasteiger partial charge in [0.25, 0.3) is 10.0 Å². The van der Waals surface area contributed by atoms with Crippen molar-refractivity contribution >= 4 is 15.7 Å². The quantitative estimate of drug-likeness (QED) is 0.612. The number of halogens is 4. The molecule has 0 aliphatic heterocycles. The molecule has 0 aliphatic carbocycles. The van der Waals surface area contributed by atoms with Crippen molar-refractivity contribution in [1.82, 2.24) is 24.1 Å². The third-order valence-electron chi connectivity index (χ3n) is 3.81. The van der Waals surface area contributed by atoms with E-state index in [1.807, 2.05) is 0 Å². The molecule has 1 unspecified atom stereocenters. The highest BCUT2D eigenvalue weighted by molar-refractivity contribution is 7.89. The smallest absolute Gasteiger partial charge is 0.207 e. The maximum atomic E-state index is 13.7.